The lowest BCUT2D eigenvalue weighted by Crippen LogP contribution is -2.21. The summed E-state index contributed by atoms with van der Waals surface area (Å²) in [7, 11) is -1.25. The molecule has 0 aromatic heterocycles. The number of hydrogen-bond acceptors (Lipinski definition) is 5. The van der Waals surface area contributed by atoms with Gasteiger partial charge in [0.25, 0.3) is 0 Å². The van der Waals surface area contributed by atoms with Gasteiger partial charge in [-0.1, -0.05) is 6.07 Å². The van der Waals surface area contributed by atoms with Crippen LogP contribution in [-0.2, 0) is 14.6 Å². The van der Waals surface area contributed by atoms with E-state index in [9.17, 15) is 8.42 Å². The maximum Gasteiger partial charge on any atom is 0.152 e. The van der Waals surface area contributed by atoms with Gasteiger partial charge in [0, 0.05) is 13.2 Å². The summed E-state index contributed by atoms with van der Waals surface area (Å²) < 4.78 is 33.6. The Morgan fingerprint density at radius 2 is 2.15 bits per heavy atom. The zero-order chi connectivity index (χ0) is 14.6. The third-order valence-electron chi connectivity index (χ3n) is 3.27. The zero-order valence-electron chi connectivity index (χ0n) is 11.9. The van der Waals surface area contributed by atoms with Gasteiger partial charge in [0.15, 0.2) is 9.84 Å². The second-order valence-electron chi connectivity index (χ2n) is 5.09. The summed E-state index contributed by atoms with van der Waals surface area (Å²) in [6, 6.07) is 5.83. The highest BCUT2D eigenvalue weighted by Gasteiger charge is 2.28. The molecule has 0 aliphatic carbocycles. The van der Waals surface area contributed by atoms with Gasteiger partial charge in [0.1, 0.15) is 12.4 Å². The molecule has 0 spiro atoms. The molecule has 1 aliphatic heterocycles. The van der Waals surface area contributed by atoms with Gasteiger partial charge in [-0.25, -0.2) is 8.42 Å². The Kier molecular flexibility index (Phi) is 4.88. The third-order valence-corrected chi connectivity index (χ3v) is 5.04. The van der Waals surface area contributed by atoms with Crippen LogP contribution in [0.3, 0.4) is 0 Å². The summed E-state index contributed by atoms with van der Waals surface area (Å²) in [6.07, 6.45) is 0.647. The molecule has 1 heterocycles. The van der Waals surface area contributed by atoms with E-state index in [2.05, 4.69) is 5.32 Å². The number of nitrogens with one attached hydrogen (secondary N) is 1. The molecule has 1 unspecified atom stereocenters. The molecule has 0 bridgehead atoms. The third kappa shape index (κ3) is 4.11. The maximum atomic E-state index is 11.5. The van der Waals surface area contributed by atoms with Crippen molar-refractivity contribution in [3.63, 3.8) is 0 Å². The fourth-order valence-electron chi connectivity index (χ4n) is 2.23. The van der Waals surface area contributed by atoms with Crippen LogP contribution in [0.1, 0.15) is 12.0 Å². The lowest BCUT2D eigenvalue weighted by molar-refractivity contribution is 0.146. The van der Waals surface area contributed by atoms with Crippen molar-refractivity contribution < 1.29 is 17.9 Å². The van der Waals surface area contributed by atoms with E-state index in [-0.39, 0.29) is 17.5 Å². The fourth-order valence-corrected chi connectivity index (χ4v) is 3.91. The molecule has 1 aliphatic rings. The minimum atomic E-state index is -2.88. The lowest BCUT2D eigenvalue weighted by Gasteiger charge is -2.17. The molecule has 0 radical (unpaired) electrons. The predicted molar refractivity (Wildman–Crippen MR) is 79.2 cm³/mol. The number of anilines is 1. The lowest BCUT2D eigenvalue weighted by atomic mass is 10.2. The average molecular weight is 299 g/mol. The maximum absolute atomic E-state index is 11.5. The molecular weight excluding hydrogens is 278 g/mol. The number of sulfone groups is 1. The van der Waals surface area contributed by atoms with Crippen LogP contribution in [-0.4, -0.2) is 46.3 Å². The largest absolute Gasteiger partial charge is 0.489 e. The average Bonchev–Trinajstić information content (AvgIpc) is 2.72. The molecule has 112 valence electrons. The van der Waals surface area contributed by atoms with Gasteiger partial charge in [-0.15, -0.1) is 0 Å². The second-order valence-corrected chi connectivity index (χ2v) is 7.31. The summed E-state index contributed by atoms with van der Waals surface area (Å²) in [6.45, 7) is 2.98. The Bertz CT molecular complexity index is 556. The normalized spacial score (nSPS) is 20.8. The van der Waals surface area contributed by atoms with Crippen molar-refractivity contribution in [2.45, 2.75) is 19.4 Å². The van der Waals surface area contributed by atoms with Crippen LogP contribution in [0.15, 0.2) is 18.2 Å². The van der Waals surface area contributed by atoms with E-state index in [0.717, 1.165) is 17.0 Å². The van der Waals surface area contributed by atoms with Gasteiger partial charge in [-0.3, -0.25) is 0 Å². The van der Waals surface area contributed by atoms with Crippen molar-refractivity contribution in [2.24, 2.45) is 0 Å². The van der Waals surface area contributed by atoms with E-state index in [4.69, 9.17) is 9.47 Å². The smallest absolute Gasteiger partial charge is 0.152 e. The number of benzene rings is 1. The summed E-state index contributed by atoms with van der Waals surface area (Å²) in [5.74, 6) is 1.20. The summed E-state index contributed by atoms with van der Waals surface area (Å²) in [4.78, 5) is 0. The van der Waals surface area contributed by atoms with Crippen LogP contribution in [0, 0.1) is 6.92 Å². The molecule has 2 rings (SSSR count). The van der Waals surface area contributed by atoms with Crippen LogP contribution in [0.5, 0.6) is 5.75 Å². The molecule has 5 nitrogen and oxygen atoms in total. The molecule has 1 saturated heterocycles. The first-order valence-corrected chi connectivity index (χ1v) is 8.51. The molecule has 0 saturated carbocycles. The van der Waals surface area contributed by atoms with E-state index < -0.39 is 9.84 Å². The van der Waals surface area contributed by atoms with Crippen molar-refractivity contribution in [2.75, 3.05) is 37.1 Å². The van der Waals surface area contributed by atoms with Crippen LogP contribution in [0.4, 0.5) is 5.69 Å². The topological polar surface area (TPSA) is 64.6 Å². The molecule has 1 atom stereocenters. The number of rotatable bonds is 6. The fraction of sp³-hybridized carbons (Fsp3) is 0.571. The van der Waals surface area contributed by atoms with E-state index in [1.807, 2.05) is 25.1 Å². The minimum Gasteiger partial charge on any atom is -0.489 e. The van der Waals surface area contributed by atoms with Gasteiger partial charge >= 0.3 is 0 Å². The molecule has 0 amide bonds. The predicted octanol–water partition coefficient (Wildman–Crippen LogP) is 1.62. The Morgan fingerprint density at radius 1 is 1.35 bits per heavy atom. The molecular formula is C14H21NO4S. The highest BCUT2D eigenvalue weighted by molar-refractivity contribution is 7.91. The Morgan fingerprint density at radius 3 is 2.80 bits per heavy atom. The van der Waals surface area contributed by atoms with E-state index in [1.54, 1.807) is 7.11 Å². The monoisotopic (exact) mass is 299 g/mol. The van der Waals surface area contributed by atoms with Crippen molar-refractivity contribution in [3.05, 3.63) is 23.8 Å². The highest BCUT2D eigenvalue weighted by Crippen LogP contribution is 2.28. The van der Waals surface area contributed by atoms with Crippen molar-refractivity contribution in [3.8, 4) is 5.75 Å². The molecule has 20 heavy (non-hydrogen) atoms. The van der Waals surface area contributed by atoms with Crippen LogP contribution in [0.2, 0.25) is 0 Å². The summed E-state index contributed by atoms with van der Waals surface area (Å²) in [5, 5.41) is 3.27. The first kappa shape index (κ1) is 15.1. The van der Waals surface area contributed by atoms with Gasteiger partial charge in [-0.2, -0.15) is 0 Å². The first-order valence-electron chi connectivity index (χ1n) is 6.69. The number of ether oxygens (including phenoxy) is 2. The Balaban J connectivity index is 2.06. The van der Waals surface area contributed by atoms with Crippen LogP contribution < -0.4 is 10.1 Å². The summed E-state index contributed by atoms with van der Waals surface area (Å²) >= 11 is 0. The number of hydrogen-bond donors (Lipinski definition) is 1. The Labute approximate surface area is 120 Å². The Hall–Kier alpha value is -1.27. The first-order chi connectivity index (χ1) is 9.50. The molecule has 1 aromatic carbocycles. The standard InChI is InChI=1S/C14H21NO4S/c1-11-3-4-13(14(9-11)19-7-6-18-2)15-12-5-8-20(16,17)10-12/h3-4,9,12,15H,5-8,10H2,1-2H3. The van der Waals surface area contributed by atoms with Crippen molar-refractivity contribution >= 4 is 15.5 Å². The summed E-state index contributed by atoms with van der Waals surface area (Å²) in [5.41, 5.74) is 1.94. The minimum absolute atomic E-state index is 0.0347. The van der Waals surface area contributed by atoms with Gasteiger partial charge < -0.3 is 14.8 Å². The van der Waals surface area contributed by atoms with Crippen LogP contribution >= 0.6 is 0 Å². The van der Waals surface area contributed by atoms with Gasteiger partial charge in [0.05, 0.1) is 23.8 Å². The van der Waals surface area contributed by atoms with E-state index >= 15 is 0 Å². The molecule has 1 aromatic rings. The van der Waals surface area contributed by atoms with Gasteiger partial charge in [-0.05, 0) is 31.0 Å². The van der Waals surface area contributed by atoms with E-state index in [1.165, 1.54) is 0 Å². The molecule has 6 heteroatoms. The highest BCUT2D eigenvalue weighted by atomic mass is 32.2. The van der Waals surface area contributed by atoms with Crippen LogP contribution in [0.25, 0.3) is 0 Å². The molecule has 1 N–H and O–H groups in total. The zero-order valence-corrected chi connectivity index (χ0v) is 12.7. The van der Waals surface area contributed by atoms with Gasteiger partial charge in [0.2, 0.25) is 0 Å². The second kappa shape index (κ2) is 6.45. The quantitative estimate of drug-likeness (QED) is 0.809. The SMILES string of the molecule is COCCOc1cc(C)ccc1NC1CCS(=O)(=O)C1. The number of aryl methyl sites for hydroxylation is 1. The van der Waals surface area contributed by atoms with Crippen molar-refractivity contribution in [1.82, 2.24) is 0 Å². The van der Waals surface area contributed by atoms with Crippen molar-refractivity contribution in [1.29, 1.82) is 0 Å². The number of methoxy groups -OCH3 is 1. The molecule has 1 fully saturated rings. The van der Waals surface area contributed by atoms with E-state index in [0.29, 0.717) is 19.6 Å².